The first kappa shape index (κ1) is 11.5. The molecule has 1 aliphatic heterocycles. The van der Waals surface area contributed by atoms with E-state index < -0.39 is 0 Å². The summed E-state index contributed by atoms with van der Waals surface area (Å²) in [6.07, 6.45) is 3.81. The molecule has 1 unspecified atom stereocenters. The smallest absolute Gasteiger partial charge is 0.0349 e. The summed E-state index contributed by atoms with van der Waals surface area (Å²) in [6, 6.07) is 6.44. The van der Waals surface area contributed by atoms with E-state index >= 15 is 0 Å². The van der Waals surface area contributed by atoms with Gasteiger partial charge in [-0.1, -0.05) is 12.1 Å². The van der Waals surface area contributed by atoms with Gasteiger partial charge in [-0.15, -0.1) is 0 Å². The number of rotatable bonds is 2. The highest BCUT2D eigenvalue weighted by Crippen LogP contribution is 2.23. The van der Waals surface area contributed by atoms with Crippen molar-refractivity contribution in [3.63, 3.8) is 0 Å². The predicted molar refractivity (Wildman–Crippen MR) is 69.5 cm³/mol. The lowest BCUT2D eigenvalue weighted by molar-refractivity contribution is 0.209. The van der Waals surface area contributed by atoms with E-state index in [1.54, 1.807) is 0 Å². The molecule has 88 valence electrons. The van der Waals surface area contributed by atoms with Crippen LogP contribution < -0.4 is 5.73 Å². The summed E-state index contributed by atoms with van der Waals surface area (Å²) in [6.45, 7) is 4.56. The Morgan fingerprint density at radius 3 is 2.94 bits per heavy atom. The van der Waals surface area contributed by atoms with Crippen LogP contribution in [-0.2, 0) is 6.42 Å². The van der Waals surface area contributed by atoms with Gasteiger partial charge in [-0.3, -0.25) is 0 Å². The van der Waals surface area contributed by atoms with Crippen molar-refractivity contribution in [2.45, 2.75) is 26.2 Å². The Hall–Kier alpha value is -1.02. The van der Waals surface area contributed by atoms with Crippen LogP contribution in [0.5, 0.6) is 0 Å². The minimum atomic E-state index is 0.781. The number of hydrogen-bond acceptors (Lipinski definition) is 2. The topological polar surface area (TPSA) is 29.3 Å². The first-order valence-electron chi connectivity index (χ1n) is 6.18. The lowest BCUT2D eigenvalue weighted by atomic mass is 9.90. The first-order chi connectivity index (χ1) is 7.65. The van der Waals surface area contributed by atoms with Crippen LogP contribution in [0.1, 0.15) is 24.0 Å². The van der Waals surface area contributed by atoms with Gasteiger partial charge in [-0.2, -0.15) is 0 Å². The molecule has 1 heterocycles. The fourth-order valence-corrected chi connectivity index (χ4v) is 2.65. The first-order valence-corrected chi connectivity index (χ1v) is 6.18. The minimum Gasteiger partial charge on any atom is -0.398 e. The minimum absolute atomic E-state index is 0.781. The van der Waals surface area contributed by atoms with E-state index in [2.05, 4.69) is 37.1 Å². The molecule has 0 bridgehead atoms. The molecule has 0 spiro atoms. The highest BCUT2D eigenvalue weighted by atomic mass is 15.1. The fraction of sp³-hybridized carbons (Fsp3) is 0.571. The Morgan fingerprint density at radius 2 is 2.25 bits per heavy atom. The van der Waals surface area contributed by atoms with E-state index in [1.807, 2.05) is 0 Å². The van der Waals surface area contributed by atoms with Gasteiger partial charge in [0.2, 0.25) is 0 Å². The largest absolute Gasteiger partial charge is 0.398 e. The number of hydrogen-bond donors (Lipinski definition) is 1. The van der Waals surface area contributed by atoms with Crippen LogP contribution in [0.4, 0.5) is 5.69 Å². The third-order valence-corrected chi connectivity index (χ3v) is 3.53. The van der Waals surface area contributed by atoms with Crippen molar-refractivity contribution in [3.05, 3.63) is 29.3 Å². The maximum atomic E-state index is 6.06. The number of benzene rings is 1. The van der Waals surface area contributed by atoms with E-state index in [9.17, 15) is 0 Å². The lowest BCUT2D eigenvalue weighted by Crippen LogP contribution is -2.33. The van der Waals surface area contributed by atoms with Gasteiger partial charge in [-0.05, 0) is 62.9 Å². The molecule has 2 nitrogen and oxygen atoms in total. The second-order valence-electron chi connectivity index (χ2n) is 5.18. The Kier molecular flexibility index (Phi) is 3.49. The molecule has 16 heavy (non-hydrogen) atoms. The van der Waals surface area contributed by atoms with Crippen LogP contribution >= 0.6 is 0 Å². The second-order valence-corrected chi connectivity index (χ2v) is 5.18. The van der Waals surface area contributed by atoms with Gasteiger partial charge in [0.15, 0.2) is 0 Å². The molecule has 1 aromatic carbocycles. The van der Waals surface area contributed by atoms with Gasteiger partial charge < -0.3 is 10.6 Å². The zero-order chi connectivity index (χ0) is 11.5. The van der Waals surface area contributed by atoms with Crippen LogP contribution in [0.15, 0.2) is 18.2 Å². The van der Waals surface area contributed by atoms with E-state index in [0.29, 0.717) is 0 Å². The summed E-state index contributed by atoms with van der Waals surface area (Å²) in [7, 11) is 2.21. The predicted octanol–water partition coefficient (Wildman–Crippen LogP) is 2.46. The SMILES string of the molecule is Cc1ccc(CC2CCCN(C)C2)c(N)c1. The molecular weight excluding hydrogens is 196 g/mol. The Balaban J connectivity index is 2.02. The molecule has 2 N–H and O–H groups in total. The highest BCUT2D eigenvalue weighted by molar-refractivity contribution is 5.49. The zero-order valence-electron chi connectivity index (χ0n) is 10.4. The van der Waals surface area contributed by atoms with E-state index in [0.717, 1.165) is 18.0 Å². The molecule has 0 amide bonds. The molecule has 1 aliphatic rings. The Bertz CT molecular complexity index is 360. The maximum absolute atomic E-state index is 6.06. The van der Waals surface area contributed by atoms with Crippen molar-refractivity contribution in [2.75, 3.05) is 25.9 Å². The number of nitrogens with two attached hydrogens (primary N) is 1. The third kappa shape index (κ3) is 2.76. The molecule has 0 aliphatic carbocycles. The van der Waals surface area contributed by atoms with Crippen LogP contribution in [0.2, 0.25) is 0 Å². The van der Waals surface area contributed by atoms with Gasteiger partial charge in [0.05, 0.1) is 0 Å². The molecule has 0 saturated carbocycles. The summed E-state index contributed by atoms with van der Waals surface area (Å²) in [4.78, 5) is 2.43. The number of piperidine rings is 1. The molecular formula is C14H22N2. The monoisotopic (exact) mass is 218 g/mol. The summed E-state index contributed by atoms with van der Waals surface area (Å²) in [5, 5.41) is 0. The molecule has 1 aromatic rings. The van der Waals surface area contributed by atoms with Crippen molar-refractivity contribution < 1.29 is 0 Å². The summed E-state index contributed by atoms with van der Waals surface area (Å²) < 4.78 is 0. The summed E-state index contributed by atoms with van der Waals surface area (Å²) in [5.74, 6) is 0.781. The quantitative estimate of drug-likeness (QED) is 0.773. The van der Waals surface area contributed by atoms with E-state index in [4.69, 9.17) is 5.73 Å². The molecule has 2 heteroatoms. The van der Waals surface area contributed by atoms with Crippen molar-refractivity contribution in [1.82, 2.24) is 4.90 Å². The standard InChI is InChI=1S/C14H22N2/c1-11-5-6-13(14(15)8-11)9-12-4-3-7-16(2)10-12/h5-6,8,12H,3-4,7,9-10,15H2,1-2H3. The average molecular weight is 218 g/mol. The van der Waals surface area contributed by atoms with E-state index in [-0.39, 0.29) is 0 Å². The molecule has 1 saturated heterocycles. The van der Waals surface area contributed by atoms with Crippen LogP contribution in [0.25, 0.3) is 0 Å². The van der Waals surface area contributed by atoms with Crippen LogP contribution in [0, 0.1) is 12.8 Å². The number of nitrogens with zero attached hydrogens (tertiary/aromatic N) is 1. The lowest BCUT2D eigenvalue weighted by Gasteiger charge is -2.30. The summed E-state index contributed by atoms with van der Waals surface area (Å²) >= 11 is 0. The van der Waals surface area contributed by atoms with Gasteiger partial charge in [0, 0.05) is 12.2 Å². The maximum Gasteiger partial charge on any atom is 0.0349 e. The highest BCUT2D eigenvalue weighted by Gasteiger charge is 2.18. The van der Waals surface area contributed by atoms with Crippen molar-refractivity contribution in [1.29, 1.82) is 0 Å². The number of nitrogen functional groups attached to an aromatic ring is 1. The van der Waals surface area contributed by atoms with Gasteiger partial charge in [0.25, 0.3) is 0 Å². The molecule has 0 radical (unpaired) electrons. The van der Waals surface area contributed by atoms with Gasteiger partial charge >= 0.3 is 0 Å². The van der Waals surface area contributed by atoms with Crippen LogP contribution in [-0.4, -0.2) is 25.0 Å². The zero-order valence-corrected chi connectivity index (χ0v) is 10.4. The molecule has 2 rings (SSSR count). The third-order valence-electron chi connectivity index (χ3n) is 3.53. The Labute approximate surface area is 98.4 Å². The summed E-state index contributed by atoms with van der Waals surface area (Å²) in [5.41, 5.74) is 9.60. The molecule has 1 fully saturated rings. The normalized spacial score (nSPS) is 22.2. The van der Waals surface area contributed by atoms with Gasteiger partial charge in [-0.25, -0.2) is 0 Å². The molecule has 0 aromatic heterocycles. The number of anilines is 1. The average Bonchev–Trinajstić information content (AvgIpc) is 2.22. The van der Waals surface area contributed by atoms with Crippen molar-refractivity contribution >= 4 is 5.69 Å². The van der Waals surface area contributed by atoms with Gasteiger partial charge in [0.1, 0.15) is 0 Å². The number of likely N-dealkylation sites (tertiary alicyclic amines) is 1. The van der Waals surface area contributed by atoms with Crippen molar-refractivity contribution in [3.8, 4) is 0 Å². The second kappa shape index (κ2) is 4.88. The Morgan fingerprint density at radius 1 is 1.44 bits per heavy atom. The van der Waals surface area contributed by atoms with Crippen LogP contribution in [0.3, 0.4) is 0 Å². The van der Waals surface area contributed by atoms with Crippen molar-refractivity contribution in [2.24, 2.45) is 5.92 Å². The number of aryl methyl sites for hydroxylation is 1. The molecule has 1 atom stereocenters. The van der Waals surface area contributed by atoms with E-state index in [1.165, 1.54) is 37.1 Å². The fourth-order valence-electron chi connectivity index (χ4n) is 2.65.